The van der Waals surface area contributed by atoms with Crippen molar-refractivity contribution >= 4 is 26.0 Å². The van der Waals surface area contributed by atoms with E-state index < -0.39 is 10.0 Å². The van der Waals surface area contributed by atoms with Crippen LogP contribution in [0.3, 0.4) is 0 Å². The summed E-state index contributed by atoms with van der Waals surface area (Å²) >= 11 is 3.46. The maximum atomic E-state index is 12.3. The lowest BCUT2D eigenvalue weighted by atomic mass is 10.1. The highest BCUT2D eigenvalue weighted by Crippen LogP contribution is 2.25. The van der Waals surface area contributed by atoms with E-state index >= 15 is 0 Å². The van der Waals surface area contributed by atoms with Gasteiger partial charge in [0.15, 0.2) is 0 Å². The van der Waals surface area contributed by atoms with E-state index in [-0.39, 0.29) is 4.83 Å². The first-order chi connectivity index (χ1) is 7.91. The van der Waals surface area contributed by atoms with Gasteiger partial charge in [-0.2, -0.15) is 4.31 Å². The predicted octanol–water partition coefficient (Wildman–Crippen LogP) is 2.46. The number of benzene rings is 1. The third-order valence-electron chi connectivity index (χ3n) is 3.21. The zero-order chi connectivity index (χ0) is 12.6. The number of rotatable bonds is 2. The van der Waals surface area contributed by atoms with Crippen LogP contribution in [0.1, 0.15) is 17.5 Å². The first-order valence-corrected chi connectivity index (χ1v) is 7.98. The zero-order valence-corrected chi connectivity index (χ0v) is 12.4. The Labute approximate surface area is 111 Å². The number of hydrogen-bond acceptors (Lipinski definition) is 2. The first-order valence-electron chi connectivity index (χ1n) is 5.63. The van der Waals surface area contributed by atoms with Gasteiger partial charge < -0.3 is 0 Å². The minimum atomic E-state index is -3.31. The third kappa shape index (κ3) is 2.56. The van der Waals surface area contributed by atoms with Crippen LogP contribution in [0.15, 0.2) is 23.1 Å². The largest absolute Gasteiger partial charge is 0.243 e. The summed E-state index contributed by atoms with van der Waals surface area (Å²) in [6.45, 7) is 5.09. The summed E-state index contributed by atoms with van der Waals surface area (Å²) in [4.78, 5) is 0.686. The third-order valence-corrected chi connectivity index (χ3v) is 5.82. The molecule has 0 aliphatic carbocycles. The summed E-state index contributed by atoms with van der Waals surface area (Å²) in [5.74, 6) is 0. The van der Waals surface area contributed by atoms with Crippen molar-refractivity contribution in [1.29, 1.82) is 0 Å². The molecule has 1 saturated heterocycles. The highest BCUT2D eigenvalue weighted by molar-refractivity contribution is 9.09. The second-order valence-corrected chi connectivity index (χ2v) is 7.73. The average Bonchev–Trinajstić information content (AvgIpc) is 2.69. The lowest BCUT2D eigenvalue weighted by molar-refractivity contribution is 0.478. The van der Waals surface area contributed by atoms with E-state index in [9.17, 15) is 8.42 Å². The lowest BCUT2D eigenvalue weighted by Crippen LogP contribution is -2.29. The summed E-state index contributed by atoms with van der Waals surface area (Å²) in [7, 11) is -3.31. The Morgan fingerprint density at radius 1 is 1.29 bits per heavy atom. The summed E-state index contributed by atoms with van der Waals surface area (Å²) in [5.41, 5.74) is 2.13. The molecule has 0 amide bonds. The molecule has 0 spiro atoms. The van der Waals surface area contributed by atoms with E-state index in [1.165, 1.54) is 0 Å². The molecule has 2 rings (SSSR count). The van der Waals surface area contributed by atoms with Gasteiger partial charge in [0.2, 0.25) is 10.0 Å². The van der Waals surface area contributed by atoms with Gasteiger partial charge in [0, 0.05) is 17.9 Å². The van der Waals surface area contributed by atoms with Gasteiger partial charge >= 0.3 is 0 Å². The standard InChI is InChI=1S/C12H16BrNO2S/c1-9-3-4-12(7-10(9)2)17(15,16)14-6-5-11(13)8-14/h3-4,7,11H,5-6,8H2,1-2H3. The van der Waals surface area contributed by atoms with E-state index in [1.54, 1.807) is 16.4 Å². The average molecular weight is 318 g/mol. The number of nitrogens with zero attached hydrogens (tertiary/aromatic N) is 1. The molecular formula is C12H16BrNO2S. The first kappa shape index (κ1) is 13.1. The van der Waals surface area contributed by atoms with Gasteiger partial charge in [-0.1, -0.05) is 22.0 Å². The topological polar surface area (TPSA) is 37.4 Å². The normalized spacial score (nSPS) is 21.9. The monoisotopic (exact) mass is 317 g/mol. The molecule has 1 aliphatic rings. The molecule has 1 atom stereocenters. The molecule has 1 aromatic rings. The highest BCUT2D eigenvalue weighted by Gasteiger charge is 2.31. The molecule has 1 unspecified atom stereocenters. The van der Waals surface area contributed by atoms with Crippen molar-refractivity contribution in [3.63, 3.8) is 0 Å². The fraction of sp³-hybridized carbons (Fsp3) is 0.500. The number of halogens is 1. The van der Waals surface area contributed by atoms with E-state index in [1.807, 2.05) is 19.9 Å². The second-order valence-electron chi connectivity index (χ2n) is 4.50. The van der Waals surface area contributed by atoms with Crippen molar-refractivity contribution in [3.05, 3.63) is 29.3 Å². The van der Waals surface area contributed by atoms with Gasteiger partial charge in [-0.05, 0) is 43.5 Å². The van der Waals surface area contributed by atoms with Crippen LogP contribution in [-0.2, 0) is 10.0 Å². The Kier molecular flexibility index (Phi) is 3.61. The van der Waals surface area contributed by atoms with Gasteiger partial charge in [-0.15, -0.1) is 0 Å². The van der Waals surface area contributed by atoms with Gasteiger partial charge in [0.05, 0.1) is 4.90 Å². The van der Waals surface area contributed by atoms with Gasteiger partial charge in [0.25, 0.3) is 0 Å². The Morgan fingerprint density at radius 2 is 2.00 bits per heavy atom. The van der Waals surface area contributed by atoms with Crippen molar-refractivity contribution in [2.24, 2.45) is 0 Å². The molecule has 0 N–H and O–H groups in total. The molecule has 17 heavy (non-hydrogen) atoms. The molecule has 0 saturated carbocycles. The summed E-state index contributed by atoms with van der Waals surface area (Å²) < 4.78 is 26.2. The van der Waals surface area contributed by atoms with Crippen LogP contribution >= 0.6 is 15.9 Å². The van der Waals surface area contributed by atoms with E-state index in [0.29, 0.717) is 18.0 Å². The van der Waals surface area contributed by atoms with E-state index in [4.69, 9.17) is 0 Å². The summed E-state index contributed by atoms with van der Waals surface area (Å²) in [6.07, 6.45) is 0.879. The van der Waals surface area contributed by atoms with Crippen LogP contribution in [0.5, 0.6) is 0 Å². The van der Waals surface area contributed by atoms with Crippen LogP contribution in [0.2, 0.25) is 0 Å². The summed E-state index contributed by atoms with van der Waals surface area (Å²) in [6, 6.07) is 5.31. The molecule has 94 valence electrons. The van der Waals surface area contributed by atoms with Crippen molar-refractivity contribution in [1.82, 2.24) is 4.31 Å². The molecular weight excluding hydrogens is 302 g/mol. The van der Waals surface area contributed by atoms with Crippen LogP contribution in [-0.4, -0.2) is 30.6 Å². The van der Waals surface area contributed by atoms with Crippen molar-refractivity contribution in [2.45, 2.75) is 30.0 Å². The molecule has 1 aromatic carbocycles. The quantitative estimate of drug-likeness (QED) is 0.786. The summed E-state index contributed by atoms with van der Waals surface area (Å²) in [5, 5.41) is 0. The Balaban J connectivity index is 2.35. The molecule has 3 nitrogen and oxygen atoms in total. The molecule has 0 aromatic heterocycles. The Hall–Kier alpha value is -0.390. The van der Waals surface area contributed by atoms with Crippen molar-refractivity contribution in [2.75, 3.05) is 13.1 Å². The minimum absolute atomic E-state index is 0.281. The Bertz CT molecular complexity index is 527. The maximum Gasteiger partial charge on any atom is 0.243 e. The molecule has 1 heterocycles. The molecule has 1 fully saturated rings. The number of hydrogen-bond donors (Lipinski definition) is 0. The van der Waals surface area contributed by atoms with Crippen LogP contribution in [0, 0.1) is 13.8 Å². The maximum absolute atomic E-state index is 12.3. The molecule has 1 aliphatic heterocycles. The highest BCUT2D eigenvalue weighted by atomic mass is 79.9. The van der Waals surface area contributed by atoms with E-state index in [2.05, 4.69) is 15.9 Å². The predicted molar refractivity (Wildman–Crippen MR) is 72.0 cm³/mol. The fourth-order valence-corrected chi connectivity index (χ4v) is 4.26. The number of alkyl halides is 1. The lowest BCUT2D eigenvalue weighted by Gasteiger charge is -2.16. The van der Waals surface area contributed by atoms with Crippen molar-refractivity contribution < 1.29 is 8.42 Å². The minimum Gasteiger partial charge on any atom is -0.207 e. The number of sulfonamides is 1. The van der Waals surface area contributed by atoms with E-state index in [0.717, 1.165) is 17.5 Å². The Morgan fingerprint density at radius 3 is 2.53 bits per heavy atom. The van der Waals surface area contributed by atoms with Crippen molar-refractivity contribution in [3.8, 4) is 0 Å². The van der Waals surface area contributed by atoms with Crippen LogP contribution in [0.4, 0.5) is 0 Å². The van der Waals surface area contributed by atoms with Crippen LogP contribution < -0.4 is 0 Å². The number of aryl methyl sites for hydroxylation is 2. The molecule has 0 bridgehead atoms. The molecule has 0 radical (unpaired) electrons. The zero-order valence-electron chi connectivity index (χ0n) is 9.98. The SMILES string of the molecule is Cc1ccc(S(=O)(=O)N2CCC(Br)C2)cc1C. The second kappa shape index (κ2) is 4.71. The smallest absolute Gasteiger partial charge is 0.207 e. The van der Waals surface area contributed by atoms with Gasteiger partial charge in [0.1, 0.15) is 0 Å². The fourth-order valence-electron chi connectivity index (χ4n) is 1.93. The molecule has 5 heteroatoms. The van der Waals surface area contributed by atoms with Crippen LogP contribution in [0.25, 0.3) is 0 Å². The van der Waals surface area contributed by atoms with Gasteiger partial charge in [-0.25, -0.2) is 8.42 Å². The van der Waals surface area contributed by atoms with Gasteiger partial charge in [-0.3, -0.25) is 0 Å².